The average Bonchev–Trinajstić information content (AvgIpc) is 2.78. The zero-order valence-electron chi connectivity index (χ0n) is 10.3. The molecule has 0 spiro atoms. The van der Waals surface area contributed by atoms with E-state index in [0.29, 0.717) is 11.6 Å². The van der Waals surface area contributed by atoms with E-state index in [2.05, 4.69) is 0 Å². The Labute approximate surface area is 117 Å². The van der Waals surface area contributed by atoms with Gasteiger partial charge in [0.25, 0.3) is 0 Å². The molecule has 1 heterocycles. The lowest BCUT2D eigenvalue weighted by atomic mass is 10.3. The van der Waals surface area contributed by atoms with Gasteiger partial charge in [0.2, 0.25) is 5.91 Å². The Morgan fingerprint density at radius 2 is 2.28 bits per heavy atom. The second kappa shape index (κ2) is 5.95. The summed E-state index contributed by atoms with van der Waals surface area (Å²) in [4.78, 5) is 15.0. The van der Waals surface area contributed by atoms with Crippen molar-refractivity contribution in [2.75, 3.05) is 13.1 Å². The normalized spacial score (nSPS) is 21.1. The number of carbonyl (C=O) groups is 1. The summed E-state index contributed by atoms with van der Waals surface area (Å²) in [5.41, 5.74) is 5.82. The summed E-state index contributed by atoms with van der Waals surface area (Å²) in [6.07, 6.45) is 0.898. The lowest BCUT2D eigenvalue weighted by Gasteiger charge is -2.20. The molecule has 0 aromatic heterocycles. The molecule has 1 fully saturated rings. The highest BCUT2D eigenvalue weighted by Gasteiger charge is 2.27. The molecule has 98 valence electrons. The molecule has 1 aromatic rings. The first-order valence-corrected chi connectivity index (χ1v) is 7.29. The molecular formula is C13H17ClN2OS. The van der Waals surface area contributed by atoms with Crippen LogP contribution in [0.15, 0.2) is 29.2 Å². The van der Waals surface area contributed by atoms with E-state index in [9.17, 15) is 4.79 Å². The Bertz CT molecular complexity index is 441. The maximum absolute atomic E-state index is 12.2. The summed E-state index contributed by atoms with van der Waals surface area (Å²) in [7, 11) is 0. The van der Waals surface area contributed by atoms with E-state index in [1.54, 1.807) is 0 Å². The molecular weight excluding hydrogens is 268 g/mol. The van der Waals surface area contributed by atoms with E-state index in [4.69, 9.17) is 17.3 Å². The fraction of sp³-hybridized carbons (Fsp3) is 0.462. The molecule has 3 nitrogen and oxygen atoms in total. The summed E-state index contributed by atoms with van der Waals surface area (Å²) < 4.78 is 0. The molecule has 2 rings (SSSR count). The second-order valence-corrected chi connectivity index (χ2v) is 6.31. The van der Waals surface area contributed by atoms with Gasteiger partial charge < -0.3 is 10.6 Å². The van der Waals surface area contributed by atoms with Gasteiger partial charge in [0.05, 0.1) is 10.3 Å². The molecule has 0 radical (unpaired) electrons. The molecule has 2 N–H and O–H groups in total. The Balaban J connectivity index is 1.98. The highest BCUT2D eigenvalue weighted by molar-refractivity contribution is 8.00. The van der Waals surface area contributed by atoms with Gasteiger partial charge in [-0.3, -0.25) is 4.79 Å². The molecule has 1 unspecified atom stereocenters. The van der Waals surface area contributed by atoms with Crippen LogP contribution < -0.4 is 5.73 Å². The highest BCUT2D eigenvalue weighted by atomic mass is 35.5. The van der Waals surface area contributed by atoms with Gasteiger partial charge in [-0.15, -0.1) is 11.8 Å². The fourth-order valence-electron chi connectivity index (χ4n) is 2.03. The maximum atomic E-state index is 12.2. The third kappa shape index (κ3) is 3.19. The molecule has 0 bridgehead atoms. The van der Waals surface area contributed by atoms with Crippen LogP contribution in [0.25, 0.3) is 0 Å². The number of thioether (sulfide) groups is 1. The number of carbonyl (C=O) groups excluding carboxylic acids is 1. The first-order valence-electron chi connectivity index (χ1n) is 6.03. The van der Waals surface area contributed by atoms with Crippen LogP contribution in [0.4, 0.5) is 0 Å². The monoisotopic (exact) mass is 284 g/mol. The van der Waals surface area contributed by atoms with E-state index >= 15 is 0 Å². The number of nitrogens with two attached hydrogens (primary N) is 1. The molecule has 2 atom stereocenters. The third-order valence-electron chi connectivity index (χ3n) is 3.02. The number of nitrogens with zero attached hydrogens (tertiary/aromatic N) is 1. The Morgan fingerprint density at radius 1 is 1.56 bits per heavy atom. The quantitative estimate of drug-likeness (QED) is 0.867. The first kappa shape index (κ1) is 13.7. The molecule has 0 saturated carbocycles. The zero-order valence-corrected chi connectivity index (χ0v) is 11.9. The van der Waals surface area contributed by atoms with Crippen molar-refractivity contribution in [1.29, 1.82) is 0 Å². The summed E-state index contributed by atoms with van der Waals surface area (Å²) in [5.74, 6) is 0.146. The van der Waals surface area contributed by atoms with Gasteiger partial charge in [-0.05, 0) is 25.5 Å². The van der Waals surface area contributed by atoms with E-state index < -0.39 is 0 Å². The van der Waals surface area contributed by atoms with Crippen molar-refractivity contribution in [3.8, 4) is 0 Å². The molecule has 1 aliphatic heterocycles. The van der Waals surface area contributed by atoms with Crippen LogP contribution in [0.5, 0.6) is 0 Å². The summed E-state index contributed by atoms with van der Waals surface area (Å²) in [6, 6.07) is 7.72. The lowest BCUT2D eigenvalue weighted by Crippen LogP contribution is -2.36. The van der Waals surface area contributed by atoms with E-state index in [1.807, 2.05) is 36.1 Å². The average molecular weight is 285 g/mol. The SMILES string of the molecule is CC(Sc1ccccc1Cl)C(=O)N1CC[C@@H](N)C1. The number of rotatable bonds is 3. The van der Waals surface area contributed by atoms with Crippen molar-refractivity contribution in [3.05, 3.63) is 29.3 Å². The van der Waals surface area contributed by atoms with Gasteiger partial charge in [0, 0.05) is 24.0 Å². The third-order valence-corrected chi connectivity index (χ3v) is 4.63. The summed E-state index contributed by atoms with van der Waals surface area (Å²) >= 11 is 7.59. The van der Waals surface area contributed by atoms with Crippen molar-refractivity contribution in [2.45, 2.75) is 29.5 Å². The number of hydrogen-bond acceptors (Lipinski definition) is 3. The van der Waals surface area contributed by atoms with Crippen LogP contribution in [0, 0.1) is 0 Å². The number of amides is 1. The zero-order chi connectivity index (χ0) is 13.1. The first-order chi connectivity index (χ1) is 8.58. The van der Waals surface area contributed by atoms with E-state index in [0.717, 1.165) is 17.9 Å². The lowest BCUT2D eigenvalue weighted by molar-refractivity contribution is -0.129. The molecule has 1 saturated heterocycles. The second-order valence-electron chi connectivity index (χ2n) is 4.52. The highest BCUT2D eigenvalue weighted by Crippen LogP contribution is 2.31. The van der Waals surface area contributed by atoms with Crippen LogP contribution in [0.2, 0.25) is 5.02 Å². The van der Waals surface area contributed by atoms with Gasteiger partial charge in [0.1, 0.15) is 0 Å². The largest absolute Gasteiger partial charge is 0.340 e. The van der Waals surface area contributed by atoms with Crippen LogP contribution in [0.1, 0.15) is 13.3 Å². The molecule has 1 aromatic carbocycles. The van der Waals surface area contributed by atoms with Crippen molar-refractivity contribution in [3.63, 3.8) is 0 Å². The van der Waals surface area contributed by atoms with Gasteiger partial charge in [-0.1, -0.05) is 23.7 Å². The predicted molar refractivity (Wildman–Crippen MR) is 75.9 cm³/mol. The van der Waals surface area contributed by atoms with Gasteiger partial charge in [-0.2, -0.15) is 0 Å². The predicted octanol–water partition coefficient (Wildman–Crippen LogP) is 2.38. The number of benzene rings is 1. The molecule has 5 heteroatoms. The number of likely N-dealkylation sites (tertiary alicyclic amines) is 1. The number of halogens is 1. The number of hydrogen-bond donors (Lipinski definition) is 1. The standard InChI is InChI=1S/C13H17ClN2OS/c1-9(13(17)16-7-6-10(15)8-16)18-12-5-3-2-4-11(12)14/h2-5,9-10H,6-8,15H2,1H3/t9?,10-/m1/s1. The Kier molecular flexibility index (Phi) is 4.54. The minimum absolute atomic E-state index is 0.129. The van der Waals surface area contributed by atoms with Crippen molar-refractivity contribution < 1.29 is 4.79 Å². The maximum Gasteiger partial charge on any atom is 0.235 e. The minimum Gasteiger partial charge on any atom is -0.340 e. The summed E-state index contributed by atoms with van der Waals surface area (Å²) in [5, 5.41) is 0.565. The van der Waals surface area contributed by atoms with Crippen LogP contribution in [-0.4, -0.2) is 35.2 Å². The van der Waals surface area contributed by atoms with Crippen LogP contribution in [0.3, 0.4) is 0 Å². The smallest absolute Gasteiger partial charge is 0.235 e. The van der Waals surface area contributed by atoms with E-state index in [-0.39, 0.29) is 17.2 Å². The Hall–Kier alpha value is -0.710. The van der Waals surface area contributed by atoms with Crippen LogP contribution in [-0.2, 0) is 4.79 Å². The van der Waals surface area contributed by atoms with Crippen LogP contribution >= 0.6 is 23.4 Å². The van der Waals surface area contributed by atoms with Gasteiger partial charge in [0.15, 0.2) is 0 Å². The van der Waals surface area contributed by atoms with Crippen molar-refractivity contribution >= 4 is 29.3 Å². The van der Waals surface area contributed by atoms with Crippen molar-refractivity contribution in [1.82, 2.24) is 4.90 Å². The molecule has 1 amide bonds. The summed E-state index contributed by atoms with van der Waals surface area (Å²) in [6.45, 7) is 3.36. The van der Waals surface area contributed by atoms with E-state index in [1.165, 1.54) is 11.8 Å². The minimum atomic E-state index is -0.129. The van der Waals surface area contributed by atoms with Crippen molar-refractivity contribution in [2.24, 2.45) is 5.73 Å². The fourth-order valence-corrected chi connectivity index (χ4v) is 3.26. The molecule has 1 aliphatic rings. The van der Waals surface area contributed by atoms with Gasteiger partial charge in [-0.25, -0.2) is 0 Å². The van der Waals surface area contributed by atoms with Gasteiger partial charge >= 0.3 is 0 Å². The topological polar surface area (TPSA) is 46.3 Å². The Morgan fingerprint density at radius 3 is 2.89 bits per heavy atom. The molecule has 18 heavy (non-hydrogen) atoms. The molecule has 0 aliphatic carbocycles.